The predicted octanol–water partition coefficient (Wildman–Crippen LogP) is 3.55. The summed E-state index contributed by atoms with van der Waals surface area (Å²) in [4.78, 5) is 2.50. The zero-order chi connectivity index (χ0) is 14.0. The van der Waals surface area contributed by atoms with E-state index in [0.717, 1.165) is 31.7 Å². The first kappa shape index (κ1) is 14.5. The molecule has 2 fully saturated rings. The molecule has 1 unspecified atom stereocenters. The lowest BCUT2D eigenvalue weighted by molar-refractivity contribution is 0.0600. The van der Waals surface area contributed by atoms with Crippen LogP contribution in [0.2, 0.25) is 0 Å². The van der Waals surface area contributed by atoms with Gasteiger partial charge in [-0.15, -0.1) is 0 Å². The molecule has 2 saturated heterocycles. The van der Waals surface area contributed by atoms with E-state index in [4.69, 9.17) is 0 Å². The van der Waals surface area contributed by atoms with Crippen LogP contribution in [0.3, 0.4) is 0 Å². The summed E-state index contributed by atoms with van der Waals surface area (Å²) in [5.74, 6) is -0.159. The molecule has 1 aromatic carbocycles. The molecule has 0 amide bonds. The van der Waals surface area contributed by atoms with E-state index in [1.807, 2.05) is 12.1 Å². The lowest BCUT2D eigenvalue weighted by Crippen LogP contribution is -2.50. The van der Waals surface area contributed by atoms with Gasteiger partial charge in [0.1, 0.15) is 5.82 Å². The van der Waals surface area contributed by atoms with Crippen molar-refractivity contribution in [1.29, 1.82) is 0 Å². The van der Waals surface area contributed by atoms with Gasteiger partial charge in [-0.1, -0.05) is 6.07 Å². The average molecular weight is 341 g/mol. The molecule has 0 bridgehead atoms. The molecule has 1 atom stereocenters. The third kappa shape index (κ3) is 3.23. The zero-order valence-corrected chi connectivity index (χ0v) is 13.4. The van der Waals surface area contributed by atoms with Crippen LogP contribution >= 0.6 is 15.9 Å². The highest BCUT2D eigenvalue weighted by Gasteiger charge is 2.36. The van der Waals surface area contributed by atoms with Crippen LogP contribution in [0.25, 0.3) is 0 Å². The molecule has 0 aromatic heterocycles. The number of halogens is 2. The maximum atomic E-state index is 13.6. The van der Waals surface area contributed by atoms with Gasteiger partial charge in [-0.3, -0.25) is 4.90 Å². The SMILES string of the molecule is Fc1cc(CN2CCCC3(CCCNC3)C2)ccc1Br. The standard InChI is InChI=1S/C16H22BrFN2/c17-14-4-3-13(9-15(14)18)10-20-8-2-6-16(12-20)5-1-7-19-11-16/h3-4,9,19H,1-2,5-8,10-12H2. The summed E-state index contributed by atoms with van der Waals surface area (Å²) in [5, 5.41) is 3.55. The number of nitrogens with zero attached hydrogens (tertiary/aromatic N) is 1. The zero-order valence-electron chi connectivity index (χ0n) is 11.8. The van der Waals surface area contributed by atoms with Gasteiger partial charge in [0.2, 0.25) is 0 Å². The van der Waals surface area contributed by atoms with Crippen molar-refractivity contribution < 1.29 is 4.39 Å². The van der Waals surface area contributed by atoms with E-state index >= 15 is 0 Å². The van der Waals surface area contributed by atoms with E-state index in [1.165, 1.54) is 32.2 Å². The van der Waals surface area contributed by atoms with E-state index in [0.29, 0.717) is 9.89 Å². The molecule has 2 aliphatic heterocycles. The highest BCUT2D eigenvalue weighted by molar-refractivity contribution is 9.10. The normalized spacial score (nSPS) is 27.9. The van der Waals surface area contributed by atoms with E-state index in [9.17, 15) is 4.39 Å². The second-order valence-corrected chi connectivity index (χ2v) is 7.20. The predicted molar refractivity (Wildman–Crippen MR) is 83.1 cm³/mol. The van der Waals surface area contributed by atoms with Crippen molar-refractivity contribution in [2.45, 2.75) is 32.2 Å². The minimum absolute atomic E-state index is 0.159. The summed E-state index contributed by atoms with van der Waals surface area (Å²) in [5.41, 5.74) is 1.54. The number of rotatable bonds is 2. The molecule has 1 aromatic rings. The first-order valence-electron chi connectivity index (χ1n) is 7.54. The minimum atomic E-state index is -0.159. The molecule has 0 aliphatic carbocycles. The molecule has 110 valence electrons. The number of hydrogen-bond donors (Lipinski definition) is 1. The first-order chi connectivity index (χ1) is 9.67. The lowest BCUT2D eigenvalue weighted by Gasteiger charge is -2.45. The van der Waals surface area contributed by atoms with Gasteiger partial charge in [0.15, 0.2) is 0 Å². The number of nitrogens with one attached hydrogen (secondary N) is 1. The third-order valence-corrected chi connectivity index (χ3v) is 5.33. The summed E-state index contributed by atoms with van der Waals surface area (Å²) >= 11 is 3.22. The molecular weight excluding hydrogens is 319 g/mol. The van der Waals surface area contributed by atoms with Gasteiger partial charge >= 0.3 is 0 Å². The average Bonchev–Trinajstić information content (AvgIpc) is 2.44. The summed E-state index contributed by atoms with van der Waals surface area (Å²) < 4.78 is 14.2. The summed E-state index contributed by atoms with van der Waals surface area (Å²) in [6.45, 7) is 5.47. The maximum absolute atomic E-state index is 13.6. The van der Waals surface area contributed by atoms with Crippen LogP contribution in [0.15, 0.2) is 22.7 Å². The van der Waals surface area contributed by atoms with Crippen molar-refractivity contribution in [1.82, 2.24) is 10.2 Å². The molecule has 2 heterocycles. The largest absolute Gasteiger partial charge is 0.316 e. The topological polar surface area (TPSA) is 15.3 Å². The van der Waals surface area contributed by atoms with E-state index in [2.05, 4.69) is 26.1 Å². The maximum Gasteiger partial charge on any atom is 0.137 e. The van der Waals surface area contributed by atoms with Crippen LogP contribution in [-0.2, 0) is 6.54 Å². The summed E-state index contributed by atoms with van der Waals surface area (Å²) in [6, 6.07) is 5.49. The lowest BCUT2D eigenvalue weighted by atomic mass is 9.74. The molecule has 3 rings (SSSR count). The Bertz CT molecular complexity index is 466. The van der Waals surface area contributed by atoms with Crippen LogP contribution in [0, 0.1) is 11.2 Å². The monoisotopic (exact) mass is 340 g/mol. The number of hydrogen-bond acceptors (Lipinski definition) is 2. The Morgan fingerprint density at radius 1 is 1.30 bits per heavy atom. The van der Waals surface area contributed by atoms with E-state index in [1.54, 1.807) is 6.07 Å². The summed E-state index contributed by atoms with van der Waals surface area (Å²) in [7, 11) is 0. The first-order valence-corrected chi connectivity index (χ1v) is 8.33. The quantitative estimate of drug-likeness (QED) is 0.885. The van der Waals surface area contributed by atoms with Crippen LogP contribution in [0.5, 0.6) is 0 Å². The molecule has 2 aliphatic rings. The van der Waals surface area contributed by atoms with Crippen molar-refractivity contribution in [3.05, 3.63) is 34.1 Å². The Kier molecular flexibility index (Phi) is 4.43. The Hall–Kier alpha value is -0.450. The fourth-order valence-electron chi connectivity index (χ4n) is 3.72. The van der Waals surface area contributed by atoms with Crippen LogP contribution in [0.4, 0.5) is 4.39 Å². The van der Waals surface area contributed by atoms with Gasteiger partial charge in [0.05, 0.1) is 4.47 Å². The molecule has 1 N–H and O–H groups in total. The van der Waals surface area contributed by atoms with Gasteiger partial charge in [-0.05, 0) is 77.8 Å². The van der Waals surface area contributed by atoms with Crippen molar-refractivity contribution in [2.75, 3.05) is 26.2 Å². The van der Waals surface area contributed by atoms with Crippen molar-refractivity contribution in [3.63, 3.8) is 0 Å². The highest BCUT2D eigenvalue weighted by Crippen LogP contribution is 2.36. The molecule has 4 heteroatoms. The van der Waals surface area contributed by atoms with Crippen LogP contribution < -0.4 is 5.32 Å². The second-order valence-electron chi connectivity index (χ2n) is 6.34. The number of likely N-dealkylation sites (tertiary alicyclic amines) is 1. The van der Waals surface area contributed by atoms with E-state index < -0.39 is 0 Å². The molecule has 0 radical (unpaired) electrons. The molecule has 20 heavy (non-hydrogen) atoms. The fraction of sp³-hybridized carbons (Fsp3) is 0.625. The number of benzene rings is 1. The van der Waals surface area contributed by atoms with Crippen LogP contribution in [0.1, 0.15) is 31.2 Å². The Labute approximate surface area is 128 Å². The Balaban J connectivity index is 1.66. The van der Waals surface area contributed by atoms with Gasteiger partial charge in [-0.25, -0.2) is 4.39 Å². The van der Waals surface area contributed by atoms with Gasteiger partial charge in [0.25, 0.3) is 0 Å². The summed E-state index contributed by atoms with van der Waals surface area (Å²) in [6.07, 6.45) is 5.23. The molecule has 2 nitrogen and oxygen atoms in total. The second kappa shape index (κ2) is 6.12. The highest BCUT2D eigenvalue weighted by atomic mass is 79.9. The number of piperidine rings is 2. The fourth-order valence-corrected chi connectivity index (χ4v) is 3.97. The van der Waals surface area contributed by atoms with E-state index in [-0.39, 0.29) is 5.82 Å². The van der Waals surface area contributed by atoms with Gasteiger partial charge in [0, 0.05) is 19.6 Å². The van der Waals surface area contributed by atoms with Crippen LogP contribution in [-0.4, -0.2) is 31.1 Å². The molecule has 0 saturated carbocycles. The third-order valence-electron chi connectivity index (χ3n) is 4.69. The van der Waals surface area contributed by atoms with Gasteiger partial charge in [-0.2, -0.15) is 0 Å². The Morgan fingerprint density at radius 3 is 2.90 bits per heavy atom. The molecule has 1 spiro atoms. The Morgan fingerprint density at radius 2 is 2.15 bits per heavy atom. The van der Waals surface area contributed by atoms with Crippen molar-refractivity contribution in [2.24, 2.45) is 5.41 Å². The van der Waals surface area contributed by atoms with Crippen molar-refractivity contribution >= 4 is 15.9 Å². The smallest absolute Gasteiger partial charge is 0.137 e. The molecular formula is C16H22BrFN2. The van der Waals surface area contributed by atoms with Crippen molar-refractivity contribution in [3.8, 4) is 0 Å². The minimum Gasteiger partial charge on any atom is -0.316 e. The van der Waals surface area contributed by atoms with Gasteiger partial charge < -0.3 is 5.32 Å².